The van der Waals surface area contributed by atoms with Crippen LogP contribution in [0.25, 0.3) is 0 Å². The Bertz CT molecular complexity index is 762. The second-order valence-corrected chi connectivity index (χ2v) is 6.27. The summed E-state index contributed by atoms with van der Waals surface area (Å²) in [5.41, 5.74) is 0.452. The van der Waals surface area contributed by atoms with E-state index in [-0.39, 0.29) is 12.0 Å². The Kier molecular flexibility index (Phi) is 6.64. The zero-order valence-corrected chi connectivity index (χ0v) is 15.0. The molecule has 0 aliphatic heterocycles. The van der Waals surface area contributed by atoms with Gasteiger partial charge in [0.25, 0.3) is 0 Å². The molecular formula is C18H16BrF2NO3. The Balaban J connectivity index is 2.11. The van der Waals surface area contributed by atoms with Crippen LogP contribution < -0.4 is 5.32 Å². The predicted octanol–water partition coefficient (Wildman–Crippen LogP) is 3.17. The normalized spacial score (nSPS) is 11.7. The predicted molar refractivity (Wildman–Crippen MR) is 91.9 cm³/mol. The molecule has 0 aliphatic carbocycles. The molecule has 1 amide bonds. The Hall–Kier alpha value is -2.28. The summed E-state index contributed by atoms with van der Waals surface area (Å²) in [5, 5.41) is 2.48. The van der Waals surface area contributed by atoms with Crippen LogP contribution in [-0.2, 0) is 27.2 Å². The van der Waals surface area contributed by atoms with Gasteiger partial charge in [-0.2, -0.15) is 0 Å². The van der Waals surface area contributed by atoms with Gasteiger partial charge in [0.15, 0.2) is 0 Å². The van der Waals surface area contributed by atoms with E-state index in [0.29, 0.717) is 0 Å². The lowest BCUT2D eigenvalue weighted by Crippen LogP contribution is -2.43. The zero-order chi connectivity index (χ0) is 18.4. The minimum absolute atomic E-state index is 0.192. The molecule has 0 saturated carbocycles. The van der Waals surface area contributed by atoms with Crippen LogP contribution in [0.4, 0.5) is 8.78 Å². The largest absolute Gasteiger partial charge is 0.467 e. The first-order valence-corrected chi connectivity index (χ1v) is 8.24. The molecule has 4 nitrogen and oxygen atoms in total. The van der Waals surface area contributed by atoms with E-state index < -0.39 is 36.0 Å². The van der Waals surface area contributed by atoms with Crippen LogP contribution in [0.3, 0.4) is 0 Å². The Labute approximate surface area is 152 Å². The van der Waals surface area contributed by atoms with Crippen molar-refractivity contribution in [2.75, 3.05) is 7.11 Å². The van der Waals surface area contributed by atoms with Gasteiger partial charge in [-0.25, -0.2) is 13.6 Å². The highest BCUT2D eigenvalue weighted by atomic mass is 79.9. The molecule has 132 valence electrons. The van der Waals surface area contributed by atoms with Gasteiger partial charge in [0.1, 0.15) is 17.7 Å². The number of halogens is 3. The lowest BCUT2D eigenvalue weighted by Gasteiger charge is -2.17. The fourth-order valence-corrected chi connectivity index (χ4v) is 2.79. The van der Waals surface area contributed by atoms with Crippen LogP contribution in [0.15, 0.2) is 46.9 Å². The van der Waals surface area contributed by atoms with Crippen LogP contribution in [0.2, 0.25) is 0 Å². The zero-order valence-electron chi connectivity index (χ0n) is 13.4. The number of ether oxygens (including phenoxy) is 1. The van der Waals surface area contributed by atoms with Crippen molar-refractivity contribution in [1.29, 1.82) is 0 Å². The van der Waals surface area contributed by atoms with Crippen molar-refractivity contribution < 1.29 is 23.1 Å². The highest BCUT2D eigenvalue weighted by molar-refractivity contribution is 9.10. The van der Waals surface area contributed by atoms with Crippen molar-refractivity contribution in [2.45, 2.75) is 18.9 Å². The maximum absolute atomic E-state index is 13.6. The number of benzene rings is 2. The molecule has 7 heteroatoms. The second kappa shape index (κ2) is 8.71. The summed E-state index contributed by atoms with van der Waals surface area (Å²) < 4.78 is 32.8. The van der Waals surface area contributed by atoms with E-state index >= 15 is 0 Å². The van der Waals surface area contributed by atoms with E-state index in [0.717, 1.165) is 22.2 Å². The third kappa shape index (κ3) is 5.35. The van der Waals surface area contributed by atoms with Gasteiger partial charge >= 0.3 is 5.97 Å². The van der Waals surface area contributed by atoms with E-state index in [2.05, 4.69) is 21.2 Å². The molecule has 0 aromatic heterocycles. The van der Waals surface area contributed by atoms with Crippen LogP contribution in [-0.4, -0.2) is 25.0 Å². The Morgan fingerprint density at radius 3 is 2.40 bits per heavy atom. The first-order valence-electron chi connectivity index (χ1n) is 7.45. The number of amides is 1. The van der Waals surface area contributed by atoms with Gasteiger partial charge in [-0.05, 0) is 29.8 Å². The number of rotatable bonds is 6. The molecule has 0 heterocycles. The number of carbonyl (C=O) groups excluding carboxylic acids is 2. The van der Waals surface area contributed by atoms with Crippen molar-refractivity contribution in [3.05, 3.63) is 69.7 Å². The smallest absolute Gasteiger partial charge is 0.328 e. The minimum atomic E-state index is -0.957. The molecule has 2 rings (SSSR count). The van der Waals surface area contributed by atoms with Crippen molar-refractivity contribution in [2.24, 2.45) is 0 Å². The van der Waals surface area contributed by atoms with Gasteiger partial charge in [0.05, 0.1) is 13.5 Å². The molecule has 0 bridgehead atoms. The van der Waals surface area contributed by atoms with E-state index in [1.54, 1.807) is 18.2 Å². The third-order valence-corrected chi connectivity index (χ3v) is 4.04. The van der Waals surface area contributed by atoms with Crippen molar-refractivity contribution >= 4 is 27.8 Å². The number of esters is 1. The molecule has 1 N–H and O–H groups in total. The molecule has 0 spiro atoms. The molecule has 0 fully saturated rings. The molecule has 0 saturated heterocycles. The average Bonchev–Trinajstić information content (AvgIpc) is 2.57. The van der Waals surface area contributed by atoms with Gasteiger partial charge in [-0.1, -0.05) is 34.1 Å². The van der Waals surface area contributed by atoms with Crippen LogP contribution >= 0.6 is 15.9 Å². The van der Waals surface area contributed by atoms with Crippen molar-refractivity contribution in [3.8, 4) is 0 Å². The first kappa shape index (κ1) is 19.1. The van der Waals surface area contributed by atoms with Crippen molar-refractivity contribution in [1.82, 2.24) is 5.32 Å². The lowest BCUT2D eigenvalue weighted by molar-refractivity contribution is -0.145. The highest BCUT2D eigenvalue weighted by Crippen LogP contribution is 2.15. The maximum atomic E-state index is 13.6. The molecule has 25 heavy (non-hydrogen) atoms. The molecule has 0 unspecified atom stereocenters. The van der Waals surface area contributed by atoms with Gasteiger partial charge in [-0.3, -0.25) is 4.79 Å². The number of nitrogens with one attached hydrogen (secondary N) is 1. The second-order valence-electron chi connectivity index (χ2n) is 5.35. The number of carbonyl (C=O) groups is 2. The van der Waals surface area contributed by atoms with Gasteiger partial charge in [-0.15, -0.1) is 0 Å². The lowest BCUT2D eigenvalue weighted by atomic mass is 10.0. The Morgan fingerprint density at radius 2 is 1.80 bits per heavy atom. The van der Waals surface area contributed by atoms with Gasteiger partial charge < -0.3 is 10.1 Å². The van der Waals surface area contributed by atoms with E-state index in [1.165, 1.54) is 13.2 Å². The monoisotopic (exact) mass is 411 g/mol. The number of hydrogen-bond acceptors (Lipinski definition) is 3. The molecular weight excluding hydrogens is 396 g/mol. The number of hydrogen-bond donors (Lipinski definition) is 1. The first-order chi connectivity index (χ1) is 11.9. The summed E-state index contributed by atoms with van der Waals surface area (Å²) >= 11 is 3.33. The van der Waals surface area contributed by atoms with Gasteiger partial charge in [0, 0.05) is 16.5 Å². The highest BCUT2D eigenvalue weighted by Gasteiger charge is 2.23. The summed E-state index contributed by atoms with van der Waals surface area (Å²) in [6, 6.07) is 9.64. The fourth-order valence-electron chi connectivity index (χ4n) is 2.34. The average molecular weight is 412 g/mol. The molecule has 0 radical (unpaired) electrons. The third-order valence-electron chi connectivity index (χ3n) is 3.55. The molecule has 2 aromatic rings. The number of methoxy groups -OCH3 is 1. The summed E-state index contributed by atoms with van der Waals surface area (Å²) in [7, 11) is 1.21. The summed E-state index contributed by atoms with van der Waals surface area (Å²) in [6.07, 6.45) is -0.317. The minimum Gasteiger partial charge on any atom is -0.467 e. The molecule has 2 aromatic carbocycles. The standard InChI is InChI=1S/C18H16BrF2NO3/c1-25-18(24)16(9-11-4-2-5-12(19)8-11)22-17(23)10-13-14(20)6-3-7-15(13)21/h2-8,16H,9-10H2,1H3,(H,22,23)/t16-/m0/s1. The fraction of sp³-hybridized carbons (Fsp3) is 0.222. The summed E-state index contributed by atoms with van der Waals surface area (Å²) in [4.78, 5) is 24.1. The van der Waals surface area contributed by atoms with E-state index in [9.17, 15) is 18.4 Å². The Morgan fingerprint density at radius 1 is 1.16 bits per heavy atom. The SMILES string of the molecule is COC(=O)[C@H](Cc1cccc(Br)c1)NC(=O)Cc1c(F)cccc1F. The van der Waals surface area contributed by atoms with Crippen LogP contribution in [0.5, 0.6) is 0 Å². The molecule has 1 atom stereocenters. The molecule has 0 aliphatic rings. The van der Waals surface area contributed by atoms with Crippen LogP contribution in [0.1, 0.15) is 11.1 Å². The van der Waals surface area contributed by atoms with Crippen LogP contribution in [0, 0.1) is 11.6 Å². The topological polar surface area (TPSA) is 55.4 Å². The summed E-state index contributed by atoms with van der Waals surface area (Å²) in [5.74, 6) is -2.93. The van der Waals surface area contributed by atoms with E-state index in [1.807, 2.05) is 6.07 Å². The van der Waals surface area contributed by atoms with E-state index in [4.69, 9.17) is 4.74 Å². The maximum Gasteiger partial charge on any atom is 0.328 e. The quantitative estimate of drug-likeness (QED) is 0.742. The van der Waals surface area contributed by atoms with Gasteiger partial charge in [0.2, 0.25) is 5.91 Å². The van der Waals surface area contributed by atoms with Crippen molar-refractivity contribution in [3.63, 3.8) is 0 Å². The summed E-state index contributed by atoms with van der Waals surface area (Å²) in [6.45, 7) is 0.